The molecule has 0 aliphatic heterocycles. The summed E-state index contributed by atoms with van der Waals surface area (Å²) in [7, 11) is 3.00. The molecule has 0 aliphatic carbocycles. The van der Waals surface area contributed by atoms with Crippen LogP contribution in [0.3, 0.4) is 0 Å². The van der Waals surface area contributed by atoms with Gasteiger partial charge in [-0.3, -0.25) is 18.8 Å². The number of nitrogens with zero attached hydrogens (tertiary/aromatic N) is 6. The van der Waals surface area contributed by atoms with E-state index in [-0.39, 0.29) is 22.6 Å². The van der Waals surface area contributed by atoms with Crippen LogP contribution >= 0.6 is 0 Å². The van der Waals surface area contributed by atoms with Crippen molar-refractivity contribution in [3.05, 3.63) is 87.2 Å². The molecule has 0 aliphatic rings. The van der Waals surface area contributed by atoms with Crippen molar-refractivity contribution in [2.75, 3.05) is 5.32 Å². The van der Waals surface area contributed by atoms with Crippen molar-refractivity contribution in [2.45, 2.75) is 18.8 Å². The Morgan fingerprint density at radius 2 is 1.97 bits per heavy atom. The van der Waals surface area contributed by atoms with Crippen LogP contribution in [0.2, 0.25) is 0 Å². The summed E-state index contributed by atoms with van der Waals surface area (Å²) in [6.07, 6.45) is 5.47. The molecule has 4 rings (SSSR count). The number of aromatic nitrogens is 5. The Kier molecular flexibility index (Phi) is 6.35. The van der Waals surface area contributed by atoms with E-state index in [0.29, 0.717) is 5.56 Å². The average molecular weight is 495 g/mol. The Morgan fingerprint density at radius 1 is 1.25 bits per heavy atom. The summed E-state index contributed by atoms with van der Waals surface area (Å²) in [6.45, 7) is 1.64. The van der Waals surface area contributed by atoms with E-state index in [0.717, 1.165) is 23.0 Å². The summed E-state index contributed by atoms with van der Waals surface area (Å²) in [5.74, 6) is -5.71. The molecule has 2 N–H and O–H groups in total. The first-order chi connectivity index (χ1) is 17.1. The summed E-state index contributed by atoms with van der Waals surface area (Å²) in [5, 5.41) is 30.0. The lowest BCUT2D eigenvalue weighted by molar-refractivity contribution is 0.101. The summed E-state index contributed by atoms with van der Waals surface area (Å²) in [6, 6.07) is 3.59. The topological polar surface area (TPSA) is 152 Å². The summed E-state index contributed by atoms with van der Waals surface area (Å²) in [5.41, 5.74) is -0.760. The van der Waals surface area contributed by atoms with Crippen LogP contribution in [-0.2, 0) is 14.1 Å². The Hall–Kier alpha value is -4.86. The highest BCUT2D eigenvalue weighted by Gasteiger charge is 2.32. The van der Waals surface area contributed by atoms with Gasteiger partial charge in [-0.1, -0.05) is 12.1 Å². The Bertz CT molecular complexity index is 1550. The van der Waals surface area contributed by atoms with Crippen molar-refractivity contribution in [1.82, 2.24) is 24.5 Å². The number of halogens is 2. The van der Waals surface area contributed by atoms with Gasteiger partial charge >= 0.3 is 0 Å². The number of hydrogen-bond donors (Lipinski definition) is 2. The number of aromatic hydroxyl groups is 1. The highest BCUT2D eigenvalue weighted by molar-refractivity contribution is 6.04. The highest BCUT2D eigenvalue weighted by Crippen LogP contribution is 2.39. The minimum atomic E-state index is -1.18. The molecule has 11 nitrogen and oxygen atoms in total. The molecule has 0 fully saturated rings. The maximum Gasteiger partial charge on any atom is 0.296 e. The monoisotopic (exact) mass is 495 g/mol. The predicted octanol–water partition coefficient (Wildman–Crippen LogP) is 2.55. The van der Waals surface area contributed by atoms with Gasteiger partial charge < -0.3 is 14.9 Å². The summed E-state index contributed by atoms with van der Waals surface area (Å²) < 4.78 is 35.4. The van der Waals surface area contributed by atoms with Crippen LogP contribution in [0.5, 0.6) is 5.75 Å². The minimum absolute atomic E-state index is 0.0377. The number of carbonyl (C=O) groups excluding carboxylic acids is 1. The number of amides is 1. The molecule has 0 bridgehead atoms. The van der Waals surface area contributed by atoms with Gasteiger partial charge in [0.05, 0.1) is 24.0 Å². The van der Waals surface area contributed by atoms with Crippen LogP contribution in [0.1, 0.15) is 51.8 Å². The maximum atomic E-state index is 14.3. The van der Waals surface area contributed by atoms with Gasteiger partial charge in [-0.15, -0.1) is 0 Å². The van der Waals surface area contributed by atoms with Crippen molar-refractivity contribution in [1.29, 1.82) is 5.26 Å². The fraction of sp³-hybridized carbons (Fsp3) is 0.217. The van der Waals surface area contributed by atoms with Crippen LogP contribution in [0, 0.1) is 23.0 Å². The molecule has 0 radical (unpaired) electrons. The SMILES string of the molecule is C[C@H](c1nc(C(=O)Nc2cnoc2)c(O)c(=O)n1C)[C@@H](c1cnn(C)c1)c1cc(F)c(F)cc1C#N. The third-order valence-electron chi connectivity index (χ3n) is 5.75. The fourth-order valence-corrected chi connectivity index (χ4v) is 4.03. The van der Waals surface area contributed by atoms with Crippen LogP contribution in [-0.4, -0.2) is 35.5 Å². The molecular formula is C23H19F2N7O4. The van der Waals surface area contributed by atoms with E-state index in [4.69, 9.17) is 0 Å². The van der Waals surface area contributed by atoms with Crippen LogP contribution in [0.4, 0.5) is 14.5 Å². The van der Waals surface area contributed by atoms with E-state index >= 15 is 0 Å². The van der Waals surface area contributed by atoms with Crippen molar-refractivity contribution in [2.24, 2.45) is 14.1 Å². The van der Waals surface area contributed by atoms with Gasteiger partial charge in [0.1, 0.15) is 17.8 Å². The number of benzene rings is 1. The van der Waals surface area contributed by atoms with E-state index in [1.54, 1.807) is 20.2 Å². The molecule has 0 saturated heterocycles. The summed E-state index contributed by atoms with van der Waals surface area (Å²) in [4.78, 5) is 29.9. The molecule has 0 unspecified atom stereocenters. The zero-order valence-corrected chi connectivity index (χ0v) is 19.2. The van der Waals surface area contributed by atoms with Gasteiger partial charge in [0.25, 0.3) is 11.5 Å². The molecule has 3 heterocycles. The van der Waals surface area contributed by atoms with Gasteiger partial charge in [0, 0.05) is 32.1 Å². The van der Waals surface area contributed by atoms with E-state index in [1.165, 1.54) is 24.1 Å². The Labute approximate surface area is 202 Å². The molecule has 0 spiro atoms. The Morgan fingerprint density at radius 3 is 2.58 bits per heavy atom. The van der Waals surface area contributed by atoms with Gasteiger partial charge in [-0.25, -0.2) is 13.8 Å². The molecule has 13 heteroatoms. The maximum absolute atomic E-state index is 14.3. The van der Waals surface area contributed by atoms with E-state index < -0.39 is 46.4 Å². The van der Waals surface area contributed by atoms with Crippen molar-refractivity contribution in [3.8, 4) is 11.8 Å². The van der Waals surface area contributed by atoms with Gasteiger partial charge in [0.2, 0.25) is 5.75 Å². The molecule has 2 atom stereocenters. The molecule has 36 heavy (non-hydrogen) atoms. The third kappa shape index (κ3) is 4.31. The van der Waals surface area contributed by atoms with E-state index in [9.17, 15) is 28.7 Å². The number of carbonyl (C=O) groups is 1. The molecule has 1 amide bonds. The van der Waals surface area contributed by atoms with Crippen molar-refractivity contribution < 1.29 is 23.2 Å². The lowest BCUT2D eigenvalue weighted by Crippen LogP contribution is -2.29. The molecule has 0 saturated carbocycles. The smallest absolute Gasteiger partial charge is 0.296 e. The first kappa shape index (κ1) is 24.3. The second kappa shape index (κ2) is 9.41. The highest BCUT2D eigenvalue weighted by atomic mass is 19.2. The second-order valence-corrected chi connectivity index (χ2v) is 8.08. The van der Waals surface area contributed by atoms with Crippen molar-refractivity contribution in [3.63, 3.8) is 0 Å². The quantitative estimate of drug-likeness (QED) is 0.414. The number of hydrogen-bond acceptors (Lipinski definition) is 8. The minimum Gasteiger partial charge on any atom is -0.501 e. The summed E-state index contributed by atoms with van der Waals surface area (Å²) >= 11 is 0. The first-order valence-electron chi connectivity index (χ1n) is 10.5. The number of rotatable bonds is 6. The number of nitriles is 1. The number of nitrogens with one attached hydrogen (secondary N) is 1. The third-order valence-corrected chi connectivity index (χ3v) is 5.75. The van der Waals surface area contributed by atoms with Gasteiger partial charge in [-0.05, 0) is 23.3 Å². The van der Waals surface area contributed by atoms with Gasteiger partial charge in [-0.2, -0.15) is 10.4 Å². The molecule has 3 aromatic heterocycles. The number of anilines is 1. The van der Waals surface area contributed by atoms with Crippen molar-refractivity contribution >= 4 is 11.6 Å². The largest absolute Gasteiger partial charge is 0.501 e. The van der Waals surface area contributed by atoms with Crippen LogP contribution in [0.25, 0.3) is 0 Å². The predicted molar refractivity (Wildman–Crippen MR) is 120 cm³/mol. The van der Waals surface area contributed by atoms with E-state index in [1.807, 2.05) is 6.07 Å². The fourth-order valence-electron chi connectivity index (χ4n) is 4.03. The average Bonchev–Trinajstić information content (AvgIpc) is 3.51. The van der Waals surface area contributed by atoms with E-state index in [2.05, 4.69) is 25.1 Å². The van der Waals surface area contributed by atoms with Crippen LogP contribution in [0.15, 0.2) is 46.3 Å². The zero-order chi connectivity index (χ0) is 26.1. The lowest BCUT2D eigenvalue weighted by atomic mass is 9.80. The Balaban J connectivity index is 1.89. The standard InChI is InChI=1S/C23H19F2N7O4/c1-11(18(13-7-27-31(2)9-13)15-5-17(25)16(24)4-12(15)6-26)21-30-19(20(33)23(35)32(21)3)22(34)29-14-8-28-36-10-14/h4-5,7-11,18,33H,1-3H3,(H,29,34)/t11-,18-/m0/s1. The zero-order valence-electron chi connectivity index (χ0n) is 19.2. The van der Waals surface area contributed by atoms with Gasteiger partial charge in [0.15, 0.2) is 17.3 Å². The molecule has 4 aromatic rings. The first-order valence-corrected chi connectivity index (χ1v) is 10.5. The second-order valence-electron chi connectivity index (χ2n) is 8.08. The molecular weight excluding hydrogens is 476 g/mol. The molecule has 184 valence electrons. The number of aryl methyl sites for hydroxylation is 1. The lowest BCUT2D eigenvalue weighted by Gasteiger charge is -2.26. The molecule has 1 aromatic carbocycles. The normalized spacial score (nSPS) is 12.7. The van der Waals surface area contributed by atoms with Crippen LogP contribution < -0.4 is 10.9 Å².